The second kappa shape index (κ2) is 2.30. The van der Waals surface area contributed by atoms with Gasteiger partial charge in [-0.3, -0.25) is 4.40 Å². The van der Waals surface area contributed by atoms with Gasteiger partial charge in [0.2, 0.25) is 5.78 Å². The van der Waals surface area contributed by atoms with Gasteiger partial charge in [-0.15, -0.1) is 0 Å². The Morgan fingerprint density at radius 1 is 1.42 bits per heavy atom. The van der Waals surface area contributed by atoms with Gasteiger partial charge in [-0.25, -0.2) is 14.8 Å². The Morgan fingerprint density at radius 2 is 2.17 bits per heavy atom. The van der Waals surface area contributed by atoms with E-state index in [0.717, 1.165) is 0 Å². The van der Waals surface area contributed by atoms with Crippen molar-refractivity contribution >= 4 is 11.7 Å². The fourth-order valence-electron chi connectivity index (χ4n) is 1.01. The van der Waals surface area contributed by atoms with E-state index in [1.165, 1.54) is 22.9 Å². The van der Waals surface area contributed by atoms with E-state index in [0.29, 0.717) is 5.78 Å². The smallest absolute Gasteiger partial charge is 0.353 e. The monoisotopic (exact) mass is 163 g/mol. The second-order valence-electron chi connectivity index (χ2n) is 2.23. The van der Waals surface area contributed by atoms with Crippen LogP contribution in [0.3, 0.4) is 0 Å². The number of carboxylic acids is 1. The van der Waals surface area contributed by atoms with Crippen LogP contribution >= 0.6 is 0 Å². The number of fused-ring (bicyclic) bond motifs is 1. The predicted molar refractivity (Wildman–Crippen MR) is 39.9 cm³/mol. The van der Waals surface area contributed by atoms with Crippen LogP contribution in [0.2, 0.25) is 0 Å². The summed E-state index contributed by atoms with van der Waals surface area (Å²) < 4.78 is 1.42. The van der Waals surface area contributed by atoms with Crippen LogP contribution in [0.5, 0.6) is 0 Å². The molecule has 2 rings (SSSR count). The number of carboxylic acid groups (broad SMARTS) is 1. The third-order valence-corrected chi connectivity index (χ3v) is 1.52. The summed E-state index contributed by atoms with van der Waals surface area (Å²) in [5.74, 6) is -0.588. The topological polar surface area (TPSA) is 67.5 Å². The van der Waals surface area contributed by atoms with Gasteiger partial charge < -0.3 is 5.11 Å². The van der Waals surface area contributed by atoms with Gasteiger partial charge >= 0.3 is 5.97 Å². The molecule has 2 heterocycles. The number of rotatable bonds is 1. The minimum absolute atomic E-state index is 0.164. The highest BCUT2D eigenvalue weighted by Crippen LogP contribution is 2.01. The van der Waals surface area contributed by atoms with Crippen LogP contribution in [0.4, 0.5) is 0 Å². The number of imidazole rings is 1. The molecule has 0 saturated carbocycles. The fraction of sp³-hybridized carbons (Fsp3) is 0. The van der Waals surface area contributed by atoms with E-state index in [1.54, 1.807) is 6.20 Å². The summed E-state index contributed by atoms with van der Waals surface area (Å²) in [5.41, 5.74) is 0.164. The van der Waals surface area contributed by atoms with Crippen LogP contribution in [-0.4, -0.2) is 25.4 Å². The Morgan fingerprint density at radius 3 is 2.92 bits per heavy atom. The van der Waals surface area contributed by atoms with Gasteiger partial charge in [0, 0.05) is 18.6 Å². The maximum absolute atomic E-state index is 10.6. The lowest BCUT2D eigenvalue weighted by Gasteiger charge is -1.96. The summed E-state index contributed by atoms with van der Waals surface area (Å²) in [4.78, 5) is 18.4. The van der Waals surface area contributed by atoms with Gasteiger partial charge in [-0.1, -0.05) is 0 Å². The lowest BCUT2D eigenvalue weighted by Crippen LogP contribution is -2.04. The normalized spacial score (nSPS) is 10.3. The molecule has 0 atom stereocenters. The van der Waals surface area contributed by atoms with E-state index in [4.69, 9.17) is 5.11 Å². The van der Waals surface area contributed by atoms with E-state index in [-0.39, 0.29) is 5.69 Å². The molecule has 0 unspecified atom stereocenters. The number of hydrogen-bond donors (Lipinski definition) is 1. The summed E-state index contributed by atoms with van der Waals surface area (Å²) in [6.45, 7) is 0. The molecule has 5 nitrogen and oxygen atoms in total. The van der Waals surface area contributed by atoms with Crippen molar-refractivity contribution in [2.75, 3.05) is 0 Å². The second-order valence-corrected chi connectivity index (χ2v) is 2.23. The Labute approximate surface area is 67.3 Å². The number of hydrogen-bond acceptors (Lipinski definition) is 3. The van der Waals surface area contributed by atoms with Gasteiger partial charge in [0.05, 0.1) is 0 Å². The standard InChI is InChI=1S/C7H5N3O2/c11-6(12)5-1-2-8-7-9-3-4-10(5)7/h1-4H,(H,11,12). The Bertz CT molecular complexity index is 435. The largest absolute Gasteiger partial charge is 0.477 e. The molecule has 2 aromatic rings. The average molecular weight is 163 g/mol. The van der Waals surface area contributed by atoms with Crippen LogP contribution in [0, 0.1) is 0 Å². The van der Waals surface area contributed by atoms with Crippen LogP contribution in [0.1, 0.15) is 10.5 Å². The molecule has 0 saturated heterocycles. The maximum Gasteiger partial charge on any atom is 0.353 e. The molecule has 0 aliphatic rings. The van der Waals surface area contributed by atoms with Gasteiger partial charge in [0.25, 0.3) is 0 Å². The lowest BCUT2D eigenvalue weighted by atomic mass is 10.4. The number of aromatic carboxylic acids is 1. The molecule has 60 valence electrons. The number of carbonyl (C=O) groups is 1. The van der Waals surface area contributed by atoms with Crippen molar-refractivity contribution < 1.29 is 9.90 Å². The first-order chi connectivity index (χ1) is 5.79. The molecule has 12 heavy (non-hydrogen) atoms. The summed E-state index contributed by atoms with van der Waals surface area (Å²) in [6, 6.07) is 1.43. The van der Waals surface area contributed by atoms with Crippen molar-refractivity contribution in [2.24, 2.45) is 0 Å². The van der Waals surface area contributed by atoms with Crippen molar-refractivity contribution in [2.45, 2.75) is 0 Å². The van der Waals surface area contributed by atoms with E-state index < -0.39 is 5.97 Å². The summed E-state index contributed by atoms with van der Waals surface area (Å²) in [5, 5.41) is 8.72. The van der Waals surface area contributed by atoms with Crippen LogP contribution < -0.4 is 0 Å². The molecule has 0 spiro atoms. The molecule has 0 aliphatic carbocycles. The van der Waals surface area contributed by atoms with Crippen LogP contribution in [0.15, 0.2) is 24.7 Å². The van der Waals surface area contributed by atoms with E-state index in [1.807, 2.05) is 0 Å². The molecule has 0 radical (unpaired) electrons. The van der Waals surface area contributed by atoms with Gasteiger partial charge in [-0.05, 0) is 6.07 Å². The quantitative estimate of drug-likeness (QED) is 0.661. The van der Waals surface area contributed by atoms with Gasteiger partial charge in [-0.2, -0.15) is 0 Å². The van der Waals surface area contributed by atoms with E-state index in [2.05, 4.69) is 9.97 Å². The van der Waals surface area contributed by atoms with Crippen molar-refractivity contribution in [3.8, 4) is 0 Å². The molecular formula is C7H5N3O2. The highest BCUT2D eigenvalue weighted by molar-refractivity contribution is 5.86. The van der Waals surface area contributed by atoms with E-state index >= 15 is 0 Å². The summed E-state index contributed by atoms with van der Waals surface area (Å²) >= 11 is 0. The first-order valence-corrected chi connectivity index (χ1v) is 3.30. The lowest BCUT2D eigenvalue weighted by molar-refractivity contribution is 0.0688. The first kappa shape index (κ1) is 6.78. The van der Waals surface area contributed by atoms with Gasteiger partial charge in [0.15, 0.2) is 0 Å². The predicted octanol–water partition coefficient (Wildman–Crippen LogP) is 0.427. The zero-order valence-electron chi connectivity index (χ0n) is 6.01. The molecule has 0 aromatic carbocycles. The third-order valence-electron chi connectivity index (χ3n) is 1.52. The zero-order chi connectivity index (χ0) is 8.55. The third kappa shape index (κ3) is 0.833. The SMILES string of the molecule is O=C(O)c1ccnc2nccn12. The maximum atomic E-state index is 10.6. The molecule has 5 heteroatoms. The molecule has 2 aromatic heterocycles. The molecule has 0 fully saturated rings. The minimum Gasteiger partial charge on any atom is -0.477 e. The van der Waals surface area contributed by atoms with E-state index in [9.17, 15) is 4.79 Å². The van der Waals surface area contributed by atoms with Crippen molar-refractivity contribution in [1.82, 2.24) is 14.4 Å². The molecule has 0 aliphatic heterocycles. The van der Waals surface area contributed by atoms with Crippen molar-refractivity contribution in [3.63, 3.8) is 0 Å². The fourth-order valence-corrected chi connectivity index (χ4v) is 1.01. The van der Waals surface area contributed by atoms with Crippen LogP contribution in [-0.2, 0) is 0 Å². The highest BCUT2D eigenvalue weighted by atomic mass is 16.4. The average Bonchev–Trinajstić information content (AvgIpc) is 2.49. The van der Waals surface area contributed by atoms with Gasteiger partial charge in [0.1, 0.15) is 5.69 Å². The Hall–Kier alpha value is -1.91. The summed E-state index contributed by atoms with van der Waals surface area (Å²) in [6.07, 6.45) is 4.49. The minimum atomic E-state index is -0.986. The Balaban J connectivity index is 2.82. The Kier molecular flexibility index (Phi) is 1.30. The zero-order valence-corrected chi connectivity index (χ0v) is 6.01. The van der Waals surface area contributed by atoms with Crippen molar-refractivity contribution in [1.29, 1.82) is 0 Å². The molecule has 1 N–H and O–H groups in total. The molecular weight excluding hydrogens is 158 g/mol. The number of nitrogens with zero attached hydrogens (tertiary/aromatic N) is 3. The highest BCUT2D eigenvalue weighted by Gasteiger charge is 2.07. The molecule has 0 amide bonds. The molecule has 0 bridgehead atoms. The first-order valence-electron chi connectivity index (χ1n) is 3.30. The van der Waals surface area contributed by atoms with Crippen LogP contribution in [0.25, 0.3) is 5.78 Å². The number of aromatic nitrogens is 3. The summed E-state index contributed by atoms with van der Waals surface area (Å²) in [7, 11) is 0. The van der Waals surface area contributed by atoms with Crippen molar-refractivity contribution in [3.05, 3.63) is 30.4 Å².